The summed E-state index contributed by atoms with van der Waals surface area (Å²) < 4.78 is 28.3. The van der Waals surface area contributed by atoms with Crippen molar-refractivity contribution in [1.82, 2.24) is 10.1 Å². The predicted octanol–water partition coefficient (Wildman–Crippen LogP) is 1.37. The lowest BCUT2D eigenvalue weighted by molar-refractivity contribution is 0.0744. The van der Waals surface area contributed by atoms with Crippen molar-refractivity contribution in [2.75, 3.05) is 18.6 Å². The molecule has 7 heteroatoms. The normalized spacial score (nSPS) is 21.4. The fourth-order valence-corrected chi connectivity index (χ4v) is 4.24. The van der Waals surface area contributed by atoms with Gasteiger partial charge in [-0.3, -0.25) is 4.79 Å². The maximum Gasteiger partial charge on any atom is 0.259 e. The minimum Gasteiger partial charge on any atom is -0.360 e. The molecule has 112 valence electrons. The number of carbonyl (C=O) groups is 1. The Morgan fingerprint density at radius 3 is 2.60 bits per heavy atom. The molecule has 1 aromatic heterocycles. The molecule has 1 saturated heterocycles. The second kappa shape index (κ2) is 5.20. The van der Waals surface area contributed by atoms with E-state index in [4.69, 9.17) is 4.52 Å². The van der Waals surface area contributed by atoms with Crippen molar-refractivity contribution >= 4 is 15.7 Å². The molecule has 2 heterocycles. The van der Waals surface area contributed by atoms with Crippen molar-refractivity contribution in [1.29, 1.82) is 0 Å². The van der Waals surface area contributed by atoms with Crippen molar-refractivity contribution in [3.63, 3.8) is 0 Å². The lowest BCUT2D eigenvalue weighted by Gasteiger charge is -2.23. The zero-order chi connectivity index (χ0) is 15.1. The van der Waals surface area contributed by atoms with Crippen LogP contribution in [-0.4, -0.2) is 49.0 Å². The van der Waals surface area contributed by atoms with Gasteiger partial charge in [-0.05, 0) is 13.3 Å². The van der Waals surface area contributed by atoms with Gasteiger partial charge in [0.05, 0.1) is 17.2 Å². The van der Waals surface area contributed by atoms with Gasteiger partial charge in [0.25, 0.3) is 5.91 Å². The fraction of sp³-hybridized carbons (Fsp3) is 0.692. The highest BCUT2D eigenvalue weighted by molar-refractivity contribution is 7.91. The Kier molecular flexibility index (Phi) is 3.90. The summed E-state index contributed by atoms with van der Waals surface area (Å²) in [4.78, 5) is 14.1. The van der Waals surface area contributed by atoms with Gasteiger partial charge >= 0.3 is 0 Å². The quantitative estimate of drug-likeness (QED) is 0.842. The molecule has 0 saturated carbocycles. The zero-order valence-corrected chi connectivity index (χ0v) is 13.0. The molecule has 1 aliphatic heterocycles. The van der Waals surface area contributed by atoms with E-state index in [0.717, 1.165) is 0 Å². The first kappa shape index (κ1) is 15.0. The van der Waals surface area contributed by atoms with E-state index in [0.29, 0.717) is 23.4 Å². The Labute approximate surface area is 119 Å². The van der Waals surface area contributed by atoms with Crippen LogP contribution in [0.25, 0.3) is 0 Å². The molecule has 1 aliphatic rings. The summed E-state index contributed by atoms with van der Waals surface area (Å²) in [6.07, 6.45) is 0.492. The SMILES string of the molecule is Cc1noc(C(C)C)c1C(=O)N(C)C1CCS(=O)(=O)C1. The molecule has 0 bridgehead atoms. The molecule has 0 N–H and O–H groups in total. The summed E-state index contributed by atoms with van der Waals surface area (Å²) in [5.41, 5.74) is 1.01. The van der Waals surface area contributed by atoms with Crippen LogP contribution in [0.15, 0.2) is 4.52 Å². The van der Waals surface area contributed by atoms with Crippen LogP contribution in [0.4, 0.5) is 0 Å². The second-order valence-corrected chi connectivity index (χ2v) is 7.86. The molecule has 1 atom stereocenters. The number of amides is 1. The number of carbonyl (C=O) groups excluding carboxylic acids is 1. The molecular formula is C13H20N2O4S. The molecule has 2 rings (SSSR count). The number of sulfone groups is 1. The van der Waals surface area contributed by atoms with Gasteiger partial charge in [-0.2, -0.15) is 0 Å². The summed E-state index contributed by atoms with van der Waals surface area (Å²) >= 11 is 0. The maximum atomic E-state index is 12.6. The van der Waals surface area contributed by atoms with E-state index < -0.39 is 9.84 Å². The number of hydrogen-bond acceptors (Lipinski definition) is 5. The van der Waals surface area contributed by atoms with E-state index in [-0.39, 0.29) is 29.4 Å². The largest absolute Gasteiger partial charge is 0.360 e. The highest BCUT2D eigenvalue weighted by atomic mass is 32.2. The monoisotopic (exact) mass is 300 g/mol. The third-order valence-corrected chi connectivity index (χ3v) is 5.45. The van der Waals surface area contributed by atoms with Crippen molar-refractivity contribution in [3.05, 3.63) is 17.0 Å². The van der Waals surface area contributed by atoms with Gasteiger partial charge in [-0.25, -0.2) is 8.42 Å². The Balaban J connectivity index is 2.26. The van der Waals surface area contributed by atoms with Gasteiger partial charge in [0.2, 0.25) is 0 Å². The van der Waals surface area contributed by atoms with Crippen molar-refractivity contribution in [2.24, 2.45) is 0 Å². The third-order valence-electron chi connectivity index (χ3n) is 3.70. The number of hydrogen-bond donors (Lipinski definition) is 0. The van der Waals surface area contributed by atoms with Crippen LogP contribution in [-0.2, 0) is 9.84 Å². The predicted molar refractivity (Wildman–Crippen MR) is 74.5 cm³/mol. The van der Waals surface area contributed by atoms with Gasteiger partial charge in [0.1, 0.15) is 5.56 Å². The lowest BCUT2D eigenvalue weighted by Crippen LogP contribution is -2.38. The topological polar surface area (TPSA) is 80.5 Å². The Bertz CT molecular complexity index is 618. The first-order valence-electron chi connectivity index (χ1n) is 6.66. The average Bonchev–Trinajstić information content (AvgIpc) is 2.90. The molecule has 6 nitrogen and oxygen atoms in total. The lowest BCUT2D eigenvalue weighted by atomic mass is 10.0. The Morgan fingerprint density at radius 2 is 2.10 bits per heavy atom. The van der Waals surface area contributed by atoms with E-state index in [1.165, 1.54) is 4.90 Å². The zero-order valence-electron chi connectivity index (χ0n) is 12.2. The minimum atomic E-state index is -3.01. The van der Waals surface area contributed by atoms with Crippen molar-refractivity contribution in [3.8, 4) is 0 Å². The number of nitrogens with zero attached hydrogens (tertiary/aromatic N) is 2. The molecular weight excluding hydrogens is 280 g/mol. The highest BCUT2D eigenvalue weighted by Crippen LogP contribution is 2.25. The molecule has 0 radical (unpaired) electrons. The average molecular weight is 300 g/mol. The van der Waals surface area contributed by atoms with E-state index >= 15 is 0 Å². The van der Waals surface area contributed by atoms with Crippen LogP contribution < -0.4 is 0 Å². The highest BCUT2D eigenvalue weighted by Gasteiger charge is 2.35. The summed E-state index contributed by atoms with van der Waals surface area (Å²) in [5, 5.41) is 3.86. The fourth-order valence-electron chi connectivity index (χ4n) is 2.46. The maximum absolute atomic E-state index is 12.6. The summed E-state index contributed by atoms with van der Waals surface area (Å²) in [6, 6.07) is -0.262. The summed E-state index contributed by atoms with van der Waals surface area (Å²) in [7, 11) is -1.37. The van der Waals surface area contributed by atoms with E-state index in [9.17, 15) is 13.2 Å². The van der Waals surface area contributed by atoms with Crippen molar-refractivity contribution in [2.45, 2.75) is 39.2 Å². The molecule has 0 aliphatic carbocycles. The van der Waals surface area contributed by atoms with Crippen LogP contribution in [0, 0.1) is 6.92 Å². The van der Waals surface area contributed by atoms with Gasteiger partial charge in [0.15, 0.2) is 15.6 Å². The van der Waals surface area contributed by atoms with Gasteiger partial charge in [-0.15, -0.1) is 0 Å². The molecule has 1 amide bonds. The number of aromatic nitrogens is 1. The molecule has 0 spiro atoms. The second-order valence-electron chi connectivity index (χ2n) is 5.63. The first-order valence-corrected chi connectivity index (χ1v) is 8.49. The molecule has 20 heavy (non-hydrogen) atoms. The van der Waals surface area contributed by atoms with Crippen molar-refractivity contribution < 1.29 is 17.7 Å². The van der Waals surface area contributed by atoms with Gasteiger partial charge < -0.3 is 9.42 Å². The first-order chi connectivity index (χ1) is 9.23. The molecule has 1 unspecified atom stereocenters. The third kappa shape index (κ3) is 2.72. The number of aryl methyl sites for hydroxylation is 1. The Morgan fingerprint density at radius 1 is 1.45 bits per heavy atom. The Hall–Kier alpha value is -1.37. The molecule has 1 aromatic rings. The van der Waals surface area contributed by atoms with Crippen LogP contribution in [0.3, 0.4) is 0 Å². The standard InChI is InChI=1S/C13H20N2O4S/c1-8(2)12-11(9(3)14-19-12)13(16)15(4)10-5-6-20(17,18)7-10/h8,10H,5-7H2,1-4H3. The molecule has 0 aromatic carbocycles. The van der Waals surface area contributed by atoms with Gasteiger partial charge in [0, 0.05) is 19.0 Å². The van der Waals surface area contributed by atoms with E-state index in [1.807, 2.05) is 13.8 Å². The summed E-state index contributed by atoms with van der Waals surface area (Å²) in [5.74, 6) is 0.580. The summed E-state index contributed by atoms with van der Waals surface area (Å²) in [6.45, 7) is 5.58. The van der Waals surface area contributed by atoms with E-state index in [2.05, 4.69) is 5.16 Å². The van der Waals surface area contributed by atoms with Crippen LogP contribution >= 0.6 is 0 Å². The van der Waals surface area contributed by atoms with E-state index in [1.54, 1.807) is 14.0 Å². The smallest absolute Gasteiger partial charge is 0.259 e. The van der Waals surface area contributed by atoms with Crippen LogP contribution in [0.2, 0.25) is 0 Å². The number of rotatable bonds is 3. The molecule has 1 fully saturated rings. The van der Waals surface area contributed by atoms with Gasteiger partial charge in [-0.1, -0.05) is 19.0 Å². The van der Waals surface area contributed by atoms with Crippen LogP contribution in [0.1, 0.15) is 48.0 Å². The van der Waals surface area contributed by atoms with Crippen LogP contribution in [0.5, 0.6) is 0 Å². The minimum absolute atomic E-state index is 0.0383.